The second-order valence-electron chi connectivity index (χ2n) is 5.91. The van der Waals surface area contributed by atoms with Crippen molar-refractivity contribution in [3.63, 3.8) is 0 Å². The molecule has 0 aliphatic heterocycles. The van der Waals surface area contributed by atoms with Crippen LogP contribution >= 0.6 is 0 Å². The van der Waals surface area contributed by atoms with E-state index in [0.29, 0.717) is 12.8 Å². The Labute approximate surface area is 133 Å². The molecule has 1 heterocycles. The molecular formula is C20H17NO2. The summed E-state index contributed by atoms with van der Waals surface area (Å²) in [5.74, 6) is 0.287. The van der Waals surface area contributed by atoms with Gasteiger partial charge in [-0.05, 0) is 35.0 Å². The van der Waals surface area contributed by atoms with Gasteiger partial charge in [-0.1, -0.05) is 26.0 Å². The summed E-state index contributed by atoms with van der Waals surface area (Å²) in [7, 11) is 0. The second kappa shape index (κ2) is 4.92. The van der Waals surface area contributed by atoms with Crippen LogP contribution < -0.4 is 0 Å². The molecule has 0 radical (unpaired) electrons. The zero-order valence-corrected chi connectivity index (χ0v) is 13.2. The van der Waals surface area contributed by atoms with Crippen molar-refractivity contribution in [3.8, 4) is 0 Å². The fourth-order valence-electron chi connectivity index (χ4n) is 3.51. The number of rotatable bonds is 4. The maximum atomic E-state index is 12.2. The third-order valence-corrected chi connectivity index (χ3v) is 4.67. The number of nitrogens with one attached hydrogen (secondary N) is 1. The molecule has 4 aromatic rings. The Morgan fingerprint density at radius 1 is 0.739 bits per heavy atom. The number of hydrogen-bond acceptors (Lipinski definition) is 2. The van der Waals surface area contributed by atoms with Gasteiger partial charge < -0.3 is 4.98 Å². The SMILES string of the molecule is CCC(=O)c1ccc2[nH]c3ccc(C(=O)CC)c4ccc1c2c34. The molecule has 0 spiro atoms. The predicted molar refractivity (Wildman–Crippen MR) is 93.7 cm³/mol. The van der Waals surface area contributed by atoms with Crippen molar-refractivity contribution in [2.75, 3.05) is 0 Å². The van der Waals surface area contributed by atoms with E-state index in [1.54, 1.807) is 0 Å². The Morgan fingerprint density at radius 3 is 1.57 bits per heavy atom. The highest BCUT2D eigenvalue weighted by Gasteiger charge is 2.18. The van der Waals surface area contributed by atoms with Gasteiger partial charge in [-0.15, -0.1) is 0 Å². The van der Waals surface area contributed by atoms with Gasteiger partial charge in [0.15, 0.2) is 11.6 Å². The molecule has 1 N–H and O–H groups in total. The number of carbonyl (C=O) groups is 2. The van der Waals surface area contributed by atoms with E-state index in [9.17, 15) is 9.59 Å². The summed E-state index contributed by atoms with van der Waals surface area (Å²) in [5.41, 5.74) is 3.54. The minimum atomic E-state index is 0.144. The van der Waals surface area contributed by atoms with E-state index in [0.717, 1.165) is 43.7 Å². The summed E-state index contributed by atoms with van der Waals surface area (Å²) < 4.78 is 0. The Balaban J connectivity index is 2.18. The van der Waals surface area contributed by atoms with Crippen molar-refractivity contribution < 1.29 is 9.59 Å². The molecule has 3 heteroatoms. The summed E-state index contributed by atoms with van der Waals surface area (Å²) in [6.45, 7) is 3.76. The first kappa shape index (κ1) is 13.9. The molecular weight excluding hydrogens is 286 g/mol. The first-order valence-electron chi connectivity index (χ1n) is 8.01. The molecule has 0 aliphatic carbocycles. The van der Waals surface area contributed by atoms with Gasteiger partial charge in [0.2, 0.25) is 0 Å². The number of ketones is 2. The number of hydrogen-bond donors (Lipinski definition) is 1. The second-order valence-corrected chi connectivity index (χ2v) is 5.91. The van der Waals surface area contributed by atoms with Crippen LogP contribution in [0.5, 0.6) is 0 Å². The first-order valence-corrected chi connectivity index (χ1v) is 8.01. The lowest BCUT2D eigenvalue weighted by molar-refractivity contribution is 0.0981. The van der Waals surface area contributed by atoms with Crippen molar-refractivity contribution in [2.45, 2.75) is 26.7 Å². The predicted octanol–water partition coefficient (Wildman–Crippen LogP) is 5.10. The van der Waals surface area contributed by atoms with Crippen LogP contribution in [0.4, 0.5) is 0 Å². The smallest absolute Gasteiger partial charge is 0.163 e. The lowest BCUT2D eigenvalue weighted by Crippen LogP contribution is -1.99. The number of benzene rings is 3. The molecule has 3 nitrogen and oxygen atoms in total. The molecule has 0 bridgehead atoms. The van der Waals surface area contributed by atoms with Gasteiger partial charge in [0, 0.05) is 45.8 Å². The van der Waals surface area contributed by atoms with E-state index >= 15 is 0 Å². The highest BCUT2D eigenvalue weighted by molar-refractivity contribution is 6.29. The number of aromatic amines is 1. The average Bonchev–Trinajstić information content (AvgIpc) is 2.97. The van der Waals surface area contributed by atoms with Gasteiger partial charge in [-0.25, -0.2) is 0 Å². The van der Waals surface area contributed by atoms with E-state index in [2.05, 4.69) is 4.98 Å². The minimum Gasteiger partial charge on any atom is -0.354 e. The molecule has 0 saturated heterocycles. The molecule has 0 saturated carbocycles. The van der Waals surface area contributed by atoms with Crippen LogP contribution in [0.2, 0.25) is 0 Å². The zero-order chi connectivity index (χ0) is 16.1. The Morgan fingerprint density at radius 2 is 1.17 bits per heavy atom. The maximum absolute atomic E-state index is 12.2. The number of Topliss-reactive ketones (excluding diaryl/α,β-unsaturated/α-hetero) is 2. The fraction of sp³-hybridized carbons (Fsp3) is 0.200. The lowest BCUT2D eigenvalue weighted by Gasteiger charge is -2.09. The van der Waals surface area contributed by atoms with Crippen molar-refractivity contribution in [3.05, 3.63) is 47.5 Å². The van der Waals surface area contributed by atoms with Crippen molar-refractivity contribution in [1.29, 1.82) is 0 Å². The molecule has 114 valence electrons. The summed E-state index contributed by atoms with van der Waals surface area (Å²) in [6.07, 6.45) is 0.974. The van der Waals surface area contributed by atoms with Crippen molar-refractivity contribution >= 4 is 44.1 Å². The minimum absolute atomic E-state index is 0.144. The first-order chi connectivity index (χ1) is 11.2. The van der Waals surface area contributed by atoms with Gasteiger partial charge >= 0.3 is 0 Å². The normalized spacial score (nSPS) is 11.7. The van der Waals surface area contributed by atoms with E-state index in [-0.39, 0.29) is 11.6 Å². The zero-order valence-electron chi connectivity index (χ0n) is 13.2. The van der Waals surface area contributed by atoms with E-state index in [1.165, 1.54) is 0 Å². The lowest BCUT2D eigenvalue weighted by atomic mass is 9.93. The Bertz CT molecular complexity index is 987. The molecule has 0 amide bonds. The van der Waals surface area contributed by atoms with Crippen LogP contribution in [0.25, 0.3) is 32.6 Å². The van der Waals surface area contributed by atoms with Crippen LogP contribution in [0.3, 0.4) is 0 Å². The van der Waals surface area contributed by atoms with E-state index in [1.807, 2.05) is 50.2 Å². The van der Waals surface area contributed by atoms with Crippen LogP contribution in [0.1, 0.15) is 47.4 Å². The highest BCUT2D eigenvalue weighted by atomic mass is 16.1. The molecule has 3 aromatic carbocycles. The average molecular weight is 303 g/mol. The topological polar surface area (TPSA) is 49.9 Å². The molecule has 0 aliphatic rings. The monoisotopic (exact) mass is 303 g/mol. The molecule has 1 aromatic heterocycles. The van der Waals surface area contributed by atoms with Crippen LogP contribution in [0.15, 0.2) is 36.4 Å². The molecule has 23 heavy (non-hydrogen) atoms. The summed E-state index contributed by atoms with van der Waals surface area (Å²) in [4.78, 5) is 27.9. The van der Waals surface area contributed by atoms with Gasteiger partial charge in [0.25, 0.3) is 0 Å². The van der Waals surface area contributed by atoms with Crippen LogP contribution in [-0.2, 0) is 0 Å². The van der Waals surface area contributed by atoms with E-state index in [4.69, 9.17) is 0 Å². The quantitative estimate of drug-likeness (QED) is 0.421. The Kier molecular flexibility index (Phi) is 2.98. The number of aromatic nitrogens is 1. The third kappa shape index (κ3) is 1.83. The maximum Gasteiger partial charge on any atom is 0.163 e. The van der Waals surface area contributed by atoms with Crippen LogP contribution in [-0.4, -0.2) is 16.6 Å². The summed E-state index contributed by atoms with van der Waals surface area (Å²) in [6, 6.07) is 11.7. The number of carbonyl (C=O) groups excluding carboxylic acids is 2. The van der Waals surface area contributed by atoms with Gasteiger partial charge in [-0.3, -0.25) is 9.59 Å². The molecule has 0 atom stereocenters. The Hall–Kier alpha value is -2.68. The summed E-state index contributed by atoms with van der Waals surface area (Å²) in [5, 5.41) is 4.05. The van der Waals surface area contributed by atoms with Gasteiger partial charge in [0.1, 0.15) is 0 Å². The number of H-pyrrole nitrogens is 1. The molecule has 0 unspecified atom stereocenters. The van der Waals surface area contributed by atoms with Gasteiger partial charge in [0.05, 0.1) is 0 Å². The third-order valence-electron chi connectivity index (χ3n) is 4.67. The summed E-state index contributed by atoms with van der Waals surface area (Å²) >= 11 is 0. The van der Waals surface area contributed by atoms with E-state index < -0.39 is 0 Å². The van der Waals surface area contributed by atoms with Crippen LogP contribution in [0, 0.1) is 0 Å². The highest BCUT2D eigenvalue weighted by Crippen LogP contribution is 2.38. The van der Waals surface area contributed by atoms with Gasteiger partial charge in [-0.2, -0.15) is 0 Å². The van der Waals surface area contributed by atoms with Crippen molar-refractivity contribution in [1.82, 2.24) is 4.98 Å². The van der Waals surface area contributed by atoms with Crippen molar-refractivity contribution in [2.24, 2.45) is 0 Å². The standard InChI is InChI=1S/C20H17NO2/c1-3-17(22)11-7-9-15-19-13(11)5-6-14-12(18(23)4-2)8-10-16(21-15)20(14)19/h5-10,21H,3-4H2,1-2H3. The largest absolute Gasteiger partial charge is 0.354 e. The fourth-order valence-corrected chi connectivity index (χ4v) is 3.51. The molecule has 4 rings (SSSR count). The molecule has 0 fully saturated rings.